The highest BCUT2D eigenvalue weighted by Crippen LogP contribution is 2.15. The molecule has 0 spiro atoms. The third-order valence-corrected chi connectivity index (χ3v) is 3.27. The molecule has 0 radical (unpaired) electrons. The topological polar surface area (TPSA) is 0 Å². The van der Waals surface area contributed by atoms with Crippen molar-refractivity contribution in [2.75, 3.05) is 5.75 Å². The smallest absolute Gasteiger partial charge is 0.00287 e. The van der Waals surface area contributed by atoms with Crippen molar-refractivity contribution in [3.8, 4) is 0 Å². The Bertz CT molecular complexity index is 173. The maximum absolute atomic E-state index is 2.29. The Kier molecular flexibility index (Phi) is 12.5. The van der Waals surface area contributed by atoms with Crippen molar-refractivity contribution in [3.63, 3.8) is 0 Å². The minimum absolute atomic E-state index is 0. The van der Waals surface area contributed by atoms with Gasteiger partial charge in [0, 0.05) is 0 Å². The fourth-order valence-electron chi connectivity index (χ4n) is 0.984. The molecule has 0 nitrogen and oxygen atoms in total. The monoisotopic (exact) mass is 218 g/mol. The highest BCUT2D eigenvalue weighted by Gasteiger charge is 1.99. The highest BCUT2D eigenvalue weighted by molar-refractivity contribution is 8.02. The van der Waals surface area contributed by atoms with E-state index >= 15 is 0 Å². The fourth-order valence-corrected chi connectivity index (χ4v) is 1.60. The van der Waals surface area contributed by atoms with Gasteiger partial charge in [0.1, 0.15) is 0 Å². The van der Waals surface area contributed by atoms with Crippen LogP contribution in [0.25, 0.3) is 0 Å². The molecule has 0 aromatic carbocycles. The van der Waals surface area contributed by atoms with E-state index in [0.29, 0.717) is 5.92 Å². The van der Waals surface area contributed by atoms with Gasteiger partial charge in [0.15, 0.2) is 0 Å². The van der Waals surface area contributed by atoms with Crippen molar-refractivity contribution in [3.05, 3.63) is 23.1 Å². The molecule has 0 rings (SSSR count). The zero-order valence-electron chi connectivity index (χ0n) is 9.75. The van der Waals surface area contributed by atoms with E-state index < -0.39 is 0 Å². The van der Waals surface area contributed by atoms with Gasteiger partial charge in [-0.1, -0.05) is 31.6 Å². The molecule has 0 aliphatic carbocycles. The minimum atomic E-state index is 0. The van der Waals surface area contributed by atoms with Gasteiger partial charge in [0.2, 0.25) is 0 Å². The second-order valence-corrected chi connectivity index (χ2v) is 4.43. The Hall–Kier alpha value is -0.240. The summed E-state index contributed by atoms with van der Waals surface area (Å²) in [6, 6.07) is 0. The zero-order chi connectivity index (χ0) is 10.1. The van der Waals surface area contributed by atoms with Gasteiger partial charge in [-0.05, 0) is 43.8 Å². The van der Waals surface area contributed by atoms with E-state index in [1.54, 1.807) is 0 Å². The van der Waals surface area contributed by atoms with Crippen molar-refractivity contribution >= 4 is 11.8 Å². The van der Waals surface area contributed by atoms with Crippen molar-refractivity contribution in [2.24, 2.45) is 5.92 Å². The number of thioether (sulfide) groups is 1. The van der Waals surface area contributed by atoms with Crippen LogP contribution < -0.4 is 0 Å². The molecule has 0 fully saturated rings. The summed E-state index contributed by atoms with van der Waals surface area (Å²) in [6.07, 6.45) is 6.93. The highest BCUT2D eigenvalue weighted by atomic mass is 32.2. The summed E-state index contributed by atoms with van der Waals surface area (Å²) >= 11 is 1.91. The Morgan fingerprint density at radius 2 is 2.07 bits per heavy atom. The average molecular weight is 218 g/mol. The minimum Gasteiger partial charge on any atom is -0.269 e. The van der Waals surface area contributed by atoms with Crippen molar-refractivity contribution in [2.45, 2.75) is 40.5 Å². The van der Waals surface area contributed by atoms with E-state index in [9.17, 15) is 0 Å². The first kappa shape index (κ1) is 16.2. The lowest BCUT2D eigenvalue weighted by atomic mass is 9.99. The third kappa shape index (κ3) is 8.36. The normalized spacial score (nSPS) is 14.1. The Morgan fingerprint density at radius 3 is 2.57 bits per heavy atom. The molecule has 0 aliphatic heterocycles. The molecule has 1 unspecified atom stereocenters. The van der Waals surface area contributed by atoms with Gasteiger partial charge in [-0.25, -0.2) is 0 Å². The standard InChI is InChI=1S/C12H22S.FH/c1-5-9-13-10-7-8-12(4)11(3)6-2;/h6-7,10,12H,5,8-9H2,1-4H3;1H/b10-7+,11-6-;. The van der Waals surface area contributed by atoms with Gasteiger partial charge in [0.05, 0.1) is 0 Å². The van der Waals surface area contributed by atoms with Crippen molar-refractivity contribution in [1.82, 2.24) is 0 Å². The Balaban J connectivity index is 0. The molecule has 1 atom stereocenters. The van der Waals surface area contributed by atoms with Crippen molar-refractivity contribution in [1.29, 1.82) is 0 Å². The summed E-state index contributed by atoms with van der Waals surface area (Å²) in [5.41, 5.74) is 1.49. The lowest BCUT2D eigenvalue weighted by molar-refractivity contribution is 0.694. The molecule has 0 aliphatic rings. The largest absolute Gasteiger partial charge is 0.269 e. The number of halogens is 1. The van der Waals surface area contributed by atoms with Crippen LogP contribution >= 0.6 is 11.8 Å². The number of hydrogen-bond acceptors (Lipinski definition) is 1. The van der Waals surface area contributed by atoms with Crippen LogP contribution in [0, 0.1) is 5.92 Å². The lowest BCUT2D eigenvalue weighted by Gasteiger charge is -2.07. The summed E-state index contributed by atoms with van der Waals surface area (Å²) in [5, 5.41) is 2.24. The number of hydrogen-bond donors (Lipinski definition) is 0. The SMILES string of the molecule is C/C=C(/C)C(C)C/C=C/SCCC.F. The predicted octanol–water partition coefficient (Wildman–Crippen LogP) is 4.79. The first-order valence-electron chi connectivity index (χ1n) is 5.11. The predicted molar refractivity (Wildman–Crippen MR) is 67.6 cm³/mol. The van der Waals surface area contributed by atoms with E-state index in [-0.39, 0.29) is 4.70 Å². The molecule has 0 aromatic heterocycles. The van der Waals surface area contributed by atoms with Crippen LogP contribution in [0.3, 0.4) is 0 Å². The van der Waals surface area contributed by atoms with Gasteiger partial charge in [-0.15, -0.1) is 11.8 Å². The molecule has 0 heterocycles. The van der Waals surface area contributed by atoms with Crippen molar-refractivity contribution < 1.29 is 4.70 Å². The second kappa shape index (κ2) is 10.8. The number of allylic oxidation sites excluding steroid dienone is 3. The van der Waals surface area contributed by atoms with E-state index in [1.165, 1.54) is 24.2 Å². The average Bonchev–Trinajstić information content (AvgIpc) is 2.16. The van der Waals surface area contributed by atoms with Gasteiger partial charge < -0.3 is 0 Å². The van der Waals surface area contributed by atoms with Crippen LogP contribution in [-0.4, -0.2) is 5.75 Å². The summed E-state index contributed by atoms with van der Waals surface area (Å²) in [7, 11) is 0. The molecular formula is C12H23FS. The van der Waals surface area contributed by atoms with Gasteiger partial charge >= 0.3 is 0 Å². The molecule has 0 saturated carbocycles. The van der Waals surface area contributed by atoms with Crippen LogP contribution in [0.4, 0.5) is 4.70 Å². The molecule has 0 aromatic rings. The molecule has 84 valence electrons. The maximum atomic E-state index is 2.29. The molecular weight excluding hydrogens is 195 g/mol. The summed E-state index contributed by atoms with van der Waals surface area (Å²) < 4.78 is 0. The number of rotatable bonds is 6. The Morgan fingerprint density at radius 1 is 1.43 bits per heavy atom. The molecule has 0 amide bonds. The first-order valence-corrected chi connectivity index (χ1v) is 6.16. The van der Waals surface area contributed by atoms with Gasteiger partial charge in [-0.3, -0.25) is 4.70 Å². The molecule has 0 N–H and O–H groups in total. The molecule has 0 bridgehead atoms. The van der Waals surface area contributed by atoms with E-state index in [1.807, 2.05) is 11.8 Å². The van der Waals surface area contributed by atoms with E-state index in [0.717, 1.165) is 0 Å². The molecule has 0 saturated heterocycles. The van der Waals surface area contributed by atoms with Gasteiger partial charge in [0.25, 0.3) is 0 Å². The van der Waals surface area contributed by atoms with E-state index in [4.69, 9.17) is 0 Å². The fraction of sp³-hybridized carbons (Fsp3) is 0.667. The van der Waals surface area contributed by atoms with E-state index in [2.05, 4.69) is 45.3 Å². The second-order valence-electron chi connectivity index (χ2n) is 3.41. The summed E-state index contributed by atoms with van der Waals surface area (Å²) in [4.78, 5) is 0. The third-order valence-electron chi connectivity index (χ3n) is 2.24. The Labute approximate surface area is 92.2 Å². The quantitative estimate of drug-likeness (QED) is 0.456. The zero-order valence-corrected chi connectivity index (χ0v) is 10.6. The lowest BCUT2D eigenvalue weighted by Crippen LogP contribution is -1.93. The van der Waals surface area contributed by atoms with Crippen LogP contribution in [0.2, 0.25) is 0 Å². The maximum Gasteiger partial charge on any atom is -0.00287 e. The first-order chi connectivity index (χ1) is 6.22. The molecule has 14 heavy (non-hydrogen) atoms. The van der Waals surface area contributed by atoms with Crippen LogP contribution in [0.15, 0.2) is 23.1 Å². The van der Waals surface area contributed by atoms with Crippen LogP contribution in [0.5, 0.6) is 0 Å². The van der Waals surface area contributed by atoms with Crippen LogP contribution in [-0.2, 0) is 0 Å². The van der Waals surface area contributed by atoms with Crippen LogP contribution in [0.1, 0.15) is 40.5 Å². The summed E-state index contributed by atoms with van der Waals surface area (Å²) in [6.45, 7) is 8.82. The molecule has 2 heteroatoms. The van der Waals surface area contributed by atoms with Gasteiger partial charge in [-0.2, -0.15) is 0 Å². The summed E-state index contributed by atoms with van der Waals surface area (Å²) in [5.74, 6) is 1.94.